The van der Waals surface area contributed by atoms with Gasteiger partial charge >= 0.3 is 0 Å². The molecule has 0 fully saturated rings. The third-order valence-corrected chi connectivity index (χ3v) is 4.36. The van der Waals surface area contributed by atoms with Crippen molar-refractivity contribution in [3.05, 3.63) is 88.4 Å². The second-order valence-corrected chi connectivity index (χ2v) is 6.18. The van der Waals surface area contributed by atoms with Crippen molar-refractivity contribution in [1.82, 2.24) is 0 Å². The molecule has 0 aliphatic rings. The van der Waals surface area contributed by atoms with Crippen molar-refractivity contribution in [2.24, 2.45) is 0 Å². The number of furan rings is 1. The van der Waals surface area contributed by atoms with Gasteiger partial charge in [0, 0.05) is 22.7 Å². The van der Waals surface area contributed by atoms with E-state index in [0.29, 0.717) is 17.2 Å². The number of hydrogen-bond acceptors (Lipinski definition) is 5. The van der Waals surface area contributed by atoms with Crippen molar-refractivity contribution in [3.8, 4) is 0 Å². The highest BCUT2D eigenvalue weighted by Crippen LogP contribution is 2.24. The van der Waals surface area contributed by atoms with Gasteiger partial charge < -0.3 is 9.73 Å². The molecule has 0 bridgehead atoms. The van der Waals surface area contributed by atoms with E-state index in [1.807, 2.05) is 30.3 Å². The third kappa shape index (κ3) is 4.48. The van der Waals surface area contributed by atoms with Crippen LogP contribution in [0.3, 0.4) is 0 Å². The van der Waals surface area contributed by atoms with E-state index in [1.165, 1.54) is 18.2 Å². The normalized spacial score (nSPS) is 10.4. The van der Waals surface area contributed by atoms with Gasteiger partial charge in [0.1, 0.15) is 5.76 Å². The Kier molecular flexibility index (Phi) is 5.15. The summed E-state index contributed by atoms with van der Waals surface area (Å²) in [4.78, 5) is 23.6. The molecule has 1 N–H and O–H groups in total. The Labute approximate surface area is 148 Å². The van der Waals surface area contributed by atoms with Crippen LogP contribution in [0.25, 0.3) is 0 Å². The minimum Gasteiger partial charge on any atom is -0.455 e. The first-order chi connectivity index (χ1) is 12.1. The molecule has 3 aromatic rings. The molecule has 2 aromatic carbocycles. The highest BCUT2D eigenvalue weighted by Gasteiger charge is 2.13. The lowest BCUT2D eigenvalue weighted by molar-refractivity contribution is -0.384. The molecule has 6 nitrogen and oxygen atoms in total. The molecule has 1 heterocycles. The summed E-state index contributed by atoms with van der Waals surface area (Å²) in [7, 11) is 0. The molecular formula is C18H14N2O4S. The number of nitro benzene ring substituents is 1. The molecule has 1 amide bonds. The van der Waals surface area contributed by atoms with Gasteiger partial charge in [0.15, 0.2) is 5.76 Å². The first-order valence-corrected chi connectivity index (χ1v) is 8.43. The molecule has 0 aliphatic heterocycles. The van der Waals surface area contributed by atoms with Crippen molar-refractivity contribution in [2.45, 2.75) is 10.6 Å². The number of amides is 1. The fourth-order valence-corrected chi connectivity index (χ4v) is 2.95. The fraction of sp³-hybridized carbons (Fsp3) is 0.0556. The number of non-ortho nitro benzene ring substituents is 1. The smallest absolute Gasteiger partial charge is 0.291 e. The van der Waals surface area contributed by atoms with E-state index in [9.17, 15) is 14.9 Å². The van der Waals surface area contributed by atoms with Gasteiger partial charge in [-0.1, -0.05) is 24.3 Å². The Morgan fingerprint density at radius 3 is 2.64 bits per heavy atom. The standard InChI is InChI=1S/C18H14N2O4S/c21-18(19-13-5-4-6-14(11-13)20(22)23)17-10-9-15(24-17)12-25-16-7-2-1-3-8-16/h1-11H,12H2,(H,19,21). The summed E-state index contributed by atoms with van der Waals surface area (Å²) in [6, 6.07) is 19.0. The first-order valence-electron chi connectivity index (χ1n) is 7.44. The molecule has 0 unspecified atom stereocenters. The summed E-state index contributed by atoms with van der Waals surface area (Å²) < 4.78 is 5.55. The maximum atomic E-state index is 12.2. The van der Waals surface area contributed by atoms with E-state index in [4.69, 9.17) is 4.42 Å². The number of nitrogens with zero attached hydrogens (tertiary/aromatic N) is 1. The minimum absolute atomic E-state index is 0.0859. The first kappa shape index (κ1) is 16.8. The van der Waals surface area contributed by atoms with E-state index >= 15 is 0 Å². The lowest BCUT2D eigenvalue weighted by Crippen LogP contribution is -2.10. The van der Waals surface area contributed by atoms with Gasteiger partial charge in [-0.15, -0.1) is 11.8 Å². The largest absolute Gasteiger partial charge is 0.455 e. The number of carbonyl (C=O) groups excluding carboxylic acids is 1. The summed E-state index contributed by atoms with van der Waals surface area (Å²) in [6.45, 7) is 0. The second-order valence-electron chi connectivity index (χ2n) is 5.13. The number of nitrogens with one attached hydrogen (secondary N) is 1. The number of benzene rings is 2. The van der Waals surface area contributed by atoms with E-state index in [2.05, 4.69) is 5.32 Å². The number of rotatable bonds is 6. The van der Waals surface area contributed by atoms with Crippen LogP contribution in [0.4, 0.5) is 11.4 Å². The third-order valence-electron chi connectivity index (χ3n) is 3.32. The average Bonchev–Trinajstić information content (AvgIpc) is 3.10. The van der Waals surface area contributed by atoms with Crippen LogP contribution in [0, 0.1) is 10.1 Å². The number of anilines is 1. The van der Waals surface area contributed by atoms with Gasteiger partial charge in [0.05, 0.1) is 10.7 Å². The molecular weight excluding hydrogens is 340 g/mol. The van der Waals surface area contributed by atoms with Gasteiger partial charge in [-0.3, -0.25) is 14.9 Å². The summed E-state index contributed by atoms with van der Waals surface area (Å²) >= 11 is 1.61. The van der Waals surface area contributed by atoms with E-state index in [-0.39, 0.29) is 11.4 Å². The molecule has 0 atom stereocenters. The van der Waals surface area contributed by atoms with Crippen molar-refractivity contribution < 1.29 is 14.1 Å². The SMILES string of the molecule is O=C(Nc1cccc([N+](=O)[O-])c1)c1ccc(CSc2ccccc2)o1. The number of hydrogen-bond donors (Lipinski definition) is 1. The number of carbonyl (C=O) groups is 1. The van der Waals surface area contributed by atoms with Crippen LogP contribution in [0.15, 0.2) is 76.0 Å². The summed E-state index contributed by atoms with van der Waals surface area (Å²) in [5.41, 5.74) is 0.257. The molecule has 0 spiro atoms. The molecule has 7 heteroatoms. The molecule has 0 saturated heterocycles. The maximum absolute atomic E-state index is 12.2. The Bertz CT molecular complexity index is 893. The second kappa shape index (κ2) is 7.67. The van der Waals surface area contributed by atoms with Crippen LogP contribution in [0.5, 0.6) is 0 Å². The van der Waals surface area contributed by atoms with Crippen molar-refractivity contribution in [1.29, 1.82) is 0 Å². The average molecular weight is 354 g/mol. The highest BCUT2D eigenvalue weighted by atomic mass is 32.2. The summed E-state index contributed by atoms with van der Waals surface area (Å²) in [5.74, 6) is 0.998. The van der Waals surface area contributed by atoms with Crippen LogP contribution >= 0.6 is 11.8 Å². The lowest BCUT2D eigenvalue weighted by Gasteiger charge is -2.03. The van der Waals surface area contributed by atoms with Crippen LogP contribution in [-0.4, -0.2) is 10.8 Å². The van der Waals surface area contributed by atoms with Crippen LogP contribution in [0.1, 0.15) is 16.3 Å². The zero-order valence-corrected chi connectivity index (χ0v) is 13.9. The molecule has 126 valence electrons. The topological polar surface area (TPSA) is 85.4 Å². The molecule has 3 rings (SSSR count). The Morgan fingerprint density at radius 2 is 1.88 bits per heavy atom. The molecule has 0 aliphatic carbocycles. The number of nitro groups is 1. The fourth-order valence-electron chi connectivity index (χ4n) is 2.14. The van der Waals surface area contributed by atoms with Gasteiger partial charge in [-0.25, -0.2) is 0 Å². The Morgan fingerprint density at radius 1 is 1.08 bits per heavy atom. The van der Waals surface area contributed by atoms with Crippen LogP contribution in [-0.2, 0) is 5.75 Å². The van der Waals surface area contributed by atoms with E-state index < -0.39 is 10.8 Å². The monoisotopic (exact) mass is 354 g/mol. The van der Waals surface area contributed by atoms with Crippen LogP contribution in [0.2, 0.25) is 0 Å². The Balaban J connectivity index is 1.62. The molecule has 0 radical (unpaired) electrons. The minimum atomic E-state index is -0.512. The zero-order valence-electron chi connectivity index (χ0n) is 13.0. The quantitative estimate of drug-likeness (QED) is 0.393. The van der Waals surface area contributed by atoms with Gasteiger partial charge in [0.2, 0.25) is 0 Å². The summed E-state index contributed by atoms with van der Waals surface area (Å²) in [5, 5.41) is 13.4. The molecule has 25 heavy (non-hydrogen) atoms. The number of thioether (sulfide) groups is 1. The zero-order chi connectivity index (χ0) is 17.6. The van der Waals surface area contributed by atoms with Crippen molar-refractivity contribution >= 4 is 29.0 Å². The summed E-state index contributed by atoms with van der Waals surface area (Å²) in [6.07, 6.45) is 0. The van der Waals surface area contributed by atoms with Gasteiger partial charge in [-0.2, -0.15) is 0 Å². The van der Waals surface area contributed by atoms with Crippen LogP contribution < -0.4 is 5.32 Å². The maximum Gasteiger partial charge on any atom is 0.291 e. The van der Waals surface area contributed by atoms with E-state index in [0.717, 1.165) is 4.90 Å². The van der Waals surface area contributed by atoms with Gasteiger partial charge in [-0.05, 0) is 30.3 Å². The van der Waals surface area contributed by atoms with Crippen molar-refractivity contribution in [2.75, 3.05) is 5.32 Å². The lowest BCUT2D eigenvalue weighted by atomic mass is 10.2. The highest BCUT2D eigenvalue weighted by molar-refractivity contribution is 7.98. The molecule has 1 aromatic heterocycles. The molecule has 0 saturated carbocycles. The van der Waals surface area contributed by atoms with E-state index in [1.54, 1.807) is 30.0 Å². The van der Waals surface area contributed by atoms with Gasteiger partial charge in [0.25, 0.3) is 11.6 Å². The predicted molar refractivity (Wildman–Crippen MR) is 95.8 cm³/mol. The Hall–Kier alpha value is -3.06. The predicted octanol–water partition coefficient (Wildman–Crippen LogP) is 4.73. The van der Waals surface area contributed by atoms with Crippen molar-refractivity contribution in [3.63, 3.8) is 0 Å².